The van der Waals surface area contributed by atoms with Crippen LogP contribution in [0.2, 0.25) is 0 Å². The van der Waals surface area contributed by atoms with Crippen LogP contribution in [0, 0.1) is 16.7 Å². The maximum absolute atomic E-state index is 13.0. The number of rotatable bonds is 5. The minimum Gasteiger partial charge on any atom is -0.353 e. The number of benzene rings is 3. The van der Waals surface area contributed by atoms with E-state index in [-0.39, 0.29) is 5.91 Å². The summed E-state index contributed by atoms with van der Waals surface area (Å²) in [6.07, 6.45) is 3.57. The molecule has 0 saturated heterocycles. The first kappa shape index (κ1) is 25.9. The quantitative estimate of drug-likeness (QED) is 0.249. The molecule has 0 radical (unpaired) electrons. The Morgan fingerprint density at radius 3 is 2.26 bits per heavy atom. The number of para-hydroxylation sites is 1. The summed E-state index contributed by atoms with van der Waals surface area (Å²) in [5.74, 6) is -0.104. The van der Waals surface area contributed by atoms with Gasteiger partial charge in [0.25, 0.3) is 0 Å². The number of amides is 1. The minimum atomic E-state index is -0.587. The van der Waals surface area contributed by atoms with E-state index in [4.69, 9.17) is 0 Å². The number of hydrogen-bond acceptors (Lipinski definition) is 5. The van der Waals surface area contributed by atoms with Gasteiger partial charge in [0.1, 0.15) is 0 Å². The zero-order chi connectivity index (χ0) is 27.8. The number of pyridine rings is 2. The van der Waals surface area contributed by atoms with Crippen molar-refractivity contribution in [1.82, 2.24) is 9.97 Å². The van der Waals surface area contributed by atoms with Gasteiger partial charge in [0.2, 0.25) is 5.91 Å². The summed E-state index contributed by atoms with van der Waals surface area (Å²) < 4.78 is 0. The number of aromatic nitrogens is 2. The molecule has 5 rings (SSSR count). The van der Waals surface area contributed by atoms with Crippen molar-refractivity contribution in [3.63, 3.8) is 0 Å². The van der Waals surface area contributed by atoms with E-state index in [1.165, 1.54) is 0 Å². The molecule has 2 heterocycles. The monoisotopic (exact) mass is 513 g/mol. The number of carbonyl (C=O) groups excluding carboxylic acids is 1. The minimum absolute atomic E-state index is 0.104. The maximum Gasteiger partial charge on any atom is 0.229 e. The van der Waals surface area contributed by atoms with Crippen molar-refractivity contribution in [3.8, 4) is 17.2 Å². The van der Waals surface area contributed by atoms with Crippen LogP contribution >= 0.6 is 0 Å². The molecule has 194 valence electrons. The Balaban J connectivity index is 1.63. The van der Waals surface area contributed by atoms with E-state index in [9.17, 15) is 10.1 Å². The number of nitriles is 1. The molecule has 0 bridgehead atoms. The van der Waals surface area contributed by atoms with Gasteiger partial charge in [-0.3, -0.25) is 14.8 Å². The van der Waals surface area contributed by atoms with Crippen LogP contribution < -0.4 is 10.6 Å². The number of nitrogens with zero attached hydrogens (tertiary/aromatic N) is 3. The first-order valence-corrected chi connectivity index (χ1v) is 12.9. The van der Waals surface area contributed by atoms with Gasteiger partial charge in [-0.05, 0) is 61.4 Å². The topological polar surface area (TPSA) is 90.7 Å². The predicted octanol–water partition coefficient (Wildman–Crippen LogP) is 7.98. The summed E-state index contributed by atoms with van der Waals surface area (Å²) in [5, 5.41) is 18.1. The van der Waals surface area contributed by atoms with Crippen LogP contribution in [0.4, 0.5) is 17.1 Å². The fourth-order valence-electron chi connectivity index (χ4n) is 4.32. The molecule has 0 fully saturated rings. The largest absolute Gasteiger partial charge is 0.353 e. The first-order chi connectivity index (χ1) is 18.5. The lowest BCUT2D eigenvalue weighted by atomic mass is 9.86. The van der Waals surface area contributed by atoms with E-state index in [0.717, 1.165) is 49.9 Å². The third-order valence-corrected chi connectivity index (χ3v) is 6.88. The van der Waals surface area contributed by atoms with Crippen LogP contribution in [0.1, 0.15) is 40.2 Å². The lowest BCUT2D eigenvalue weighted by Gasteiger charge is -2.21. The van der Waals surface area contributed by atoms with Crippen LogP contribution in [-0.2, 0) is 10.2 Å². The van der Waals surface area contributed by atoms with Gasteiger partial charge in [0.05, 0.1) is 40.1 Å². The standard InChI is InChI=1S/C33H31N5O/c1-32(2,3)31(39)38-29-19-36-28-15-10-21(23-16-22-8-6-7-9-27(22)35-18-23)17-26(28)30(29)37-25-13-11-24(12-14-25)33(4,5)20-34/h6-19H,1-5H3,(H,36,37)(H,38,39). The number of nitrogens with one attached hydrogen (secondary N) is 2. The summed E-state index contributed by atoms with van der Waals surface area (Å²) >= 11 is 0. The fourth-order valence-corrected chi connectivity index (χ4v) is 4.32. The molecular weight excluding hydrogens is 482 g/mol. The van der Waals surface area contributed by atoms with Gasteiger partial charge in [-0.2, -0.15) is 5.26 Å². The van der Waals surface area contributed by atoms with Gasteiger partial charge in [-0.1, -0.05) is 57.2 Å². The van der Waals surface area contributed by atoms with Crippen molar-refractivity contribution >= 4 is 44.8 Å². The molecule has 6 heteroatoms. The number of fused-ring (bicyclic) bond motifs is 2. The highest BCUT2D eigenvalue weighted by Crippen LogP contribution is 2.37. The van der Waals surface area contributed by atoms with E-state index in [1.807, 2.05) is 95.4 Å². The summed E-state index contributed by atoms with van der Waals surface area (Å²) in [4.78, 5) is 22.3. The Hall–Kier alpha value is -4.76. The van der Waals surface area contributed by atoms with Crippen LogP contribution in [0.3, 0.4) is 0 Å². The van der Waals surface area contributed by atoms with Crippen molar-refractivity contribution in [2.24, 2.45) is 5.41 Å². The molecule has 0 saturated carbocycles. The molecule has 0 unspecified atom stereocenters. The molecule has 6 nitrogen and oxygen atoms in total. The van der Waals surface area contributed by atoms with Gasteiger partial charge in [-0.15, -0.1) is 0 Å². The number of hydrogen-bond donors (Lipinski definition) is 2. The van der Waals surface area contributed by atoms with Gasteiger partial charge in [0, 0.05) is 33.6 Å². The first-order valence-electron chi connectivity index (χ1n) is 12.9. The Bertz CT molecular complexity index is 1740. The molecule has 0 aliphatic heterocycles. The second kappa shape index (κ2) is 9.85. The van der Waals surface area contributed by atoms with Gasteiger partial charge >= 0.3 is 0 Å². The molecule has 1 amide bonds. The van der Waals surface area contributed by atoms with Crippen molar-refractivity contribution in [1.29, 1.82) is 5.26 Å². The van der Waals surface area contributed by atoms with Crippen molar-refractivity contribution < 1.29 is 4.79 Å². The number of carbonyl (C=O) groups is 1. The zero-order valence-corrected chi connectivity index (χ0v) is 22.8. The molecule has 3 aromatic carbocycles. The third kappa shape index (κ3) is 5.30. The second-order valence-corrected chi connectivity index (χ2v) is 11.3. The van der Waals surface area contributed by atoms with Crippen LogP contribution in [0.5, 0.6) is 0 Å². The molecule has 0 aliphatic rings. The molecule has 2 N–H and O–H groups in total. The zero-order valence-electron chi connectivity index (χ0n) is 22.8. The average Bonchev–Trinajstić information content (AvgIpc) is 2.93. The van der Waals surface area contributed by atoms with E-state index < -0.39 is 10.8 Å². The van der Waals surface area contributed by atoms with E-state index >= 15 is 0 Å². The van der Waals surface area contributed by atoms with Gasteiger partial charge < -0.3 is 10.6 Å². The normalized spacial score (nSPS) is 11.8. The lowest BCUT2D eigenvalue weighted by molar-refractivity contribution is -0.123. The molecule has 2 aromatic heterocycles. The van der Waals surface area contributed by atoms with Crippen molar-refractivity contribution in [3.05, 3.63) is 90.8 Å². The highest BCUT2D eigenvalue weighted by atomic mass is 16.2. The highest BCUT2D eigenvalue weighted by molar-refractivity contribution is 6.06. The predicted molar refractivity (Wildman–Crippen MR) is 159 cm³/mol. The Morgan fingerprint density at radius 1 is 0.821 bits per heavy atom. The summed E-state index contributed by atoms with van der Waals surface area (Å²) in [6.45, 7) is 9.43. The molecule has 0 aliphatic carbocycles. The van der Waals surface area contributed by atoms with E-state index in [2.05, 4.69) is 44.9 Å². The van der Waals surface area contributed by atoms with Crippen LogP contribution in [0.15, 0.2) is 85.2 Å². The smallest absolute Gasteiger partial charge is 0.229 e. The van der Waals surface area contributed by atoms with Crippen molar-refractivity contribution in [2.75, 3.05) is 10.6 Å². The summed E-state index contributed by atoms with van der Waals surface area (Å²) in [6, 6.07) is 26.4. The Kier molecular flexibility index (Phi) is 6.53. The SMILES string of the molecule is CC(C)(C)C(=O)Nc1cnc2ccc(-c3cnc4ccccc4c3)cc2c1Nc1ccc(C(C)(C)C#N)cc1. The highest BCUT2D eigenvalue weighted by Gasteiger charge is 2.23. The molecule has 5 aromatic rings. The number of anilines is 3. The molecule has 0 atom stereocenters. The van der Waals surface area contributed by atoms with Gasteiger partial charge in [-0.25, -0.2) is 0 Å². The van der Waals surface area contributed by atoms with E-state index in [1.54, 1.807) is 6.20 Å². The summed E-state index contributed by atoms with van der Waals surface area (Å²) in [7, 11) is 0. The van der Waals surface area contributed by atoms with E-state index in [0.29, 0.717) is 5.69 Å². The van der Waals surface area contributed by atoms with Crippen LogP contribution in [-0.4, -0.2) is 15.9 Å². The second-order valence-electron chi connectivity index (χ2n) is 11.3. The van der Waals surface area contributed by atoms with Crippen LogP contribution in [0.25, 0.3) is 32.9 Å². The van der Waals surface area contributed by atoms with Gasteiger partial charge in [0.15, 0.2) is 0 Å². The Labute approximate surface area is 228 Å². The summed E-state index contributed by atoms with van der Waals surface area (Å²) in [5.41, 5.74) is 5.69. The average molecular weight is 514 g/mol. The molecular formula is C33H31N5O. The molecule has 0 spiro atoms. The fraction of sp³-hybridized carbons (Fsp3) is 0.212. The molecule has 39 heavy (non-hydrogen) atoms. The van der Waals surface area contributed by atoms with Crippen molar-refractivity contribution in [2.45, 2.75) is 40.0 Å². The lowest BCUT2D eigenvalue weighted by Crippen LogP contribution is -2.28. The maximum atomic E-state index is 13.0. The Morgan fingerprint density at radius 2 is 1.54 bits per heavy atom. The third-order valence-electron chi connectivity index (χ3n) is 6.88.